The molecule has 32 heavy (non-hydrogen) atoms. The van der Waals surface area contributed by atoms with Gasteiger partial charge in [-0.25, -0.2) is 0 Å². The standard InChI is InChI=1S/C28H25NO3/c30-24(16-8-7-15-22-11-3-1-4-12-22)21-28(32)25-17-9-10-18-26(25)29(27(28)31)20-19-23-13-5-2-6-14-23/h1-18,32H,19-21H2/b15-7+,16-8+/t28-/m1/s1. The normalized spacial score (nSPS) is 17.9. The minimum atomic E-state index is -1.85. The Balaban J connectivity index is 1.47. The highest BCUT2D eigenvalue weighted by Crippen LogP contribution is 2.42. The quantitative estimate of drug-likeness (QED) is 0.422. The Kier molecular flexibility index (Phi) is 6.43. The Labute approximate surface area is 188 Å². The van der Waals surface area contributed by atoms with Crippen LogP contribution in [0.2, 0.25) is 0 Å². The Bertz CT molecular complexity index is 1150. The maximum atomic E-state index is 13.2. The molecule has 0 fully saturated rings. The number of carbonyl (C=O) groups excluding carboxylic acids is 2. The molecule has 0 aromatic heterocycles. The highest BCUT2D eigenvalue weighted by molar-refractivity contribution is 6.09. The van der Waals surface area contributed by atoms with Crippen LogP contribution in [-0.4, -0.2) is 23.3 Å². The van der Waals surface area contributed by atoms with Gasteiger partial charge < -0.3 is 10.0 Å². The maximum Gasteiger partial charge on any atom is 0.264 e. The number of carbonyl (C=O) groups is 2. The van der Waals surface area contributed by atoms with Gasteiger partial charge in [-0.1, -0.05) is 97.1 Å². The number of amides is 1. The van der Waals surface area contributed by atoms with Crippen LogP contribution in [0.1, 0.15) is 23.1 Å². The van der Waals surface area contributed by atoms with Crippen molar-refractivity contribution in [1.82, 2.24) is 0 Å². The van der Waals surface area contributed by atoms with Gasteiger partial charge in [-0.3, -0.25) is 9.59 Å². The molecule has 0 bridgehead atoms. The average Bonchev–Trinajstić information content (AvgIpc) is 3.03. The third-order valence-corrected chi connectivity index (χ3v) is 5.62. The molecular formula is C28H25NO3. The molecule has 0 unspecified atom stereocenters. The molecule has 1 atom stereocenters. The summed E-state index contributed by atoms with van der Waals surface area (Å²) in [6, 6.07) is 26.8. The Morgan fingerprint density at radius 1 is 0.875 bits per heavy atom. The molecule has 1 aliphatic rings. The van der Waals surface area contributed by atoms with E-state index in [1.807, 2.05) is 78.9 Å². The van der Waals surface area contributed by atoms with E-state index in [0.717, 1.165) is 11.1 Å². The van der Waals surface area contributed by atoms with Crippen LogP contribution in [0.15, 0.2) is 103 Å². The first-order valence-electron chi connectivity index (χ1n) is 10.7. The summed E-state index contributed by atoms with van der Waals surface area (Å²) >= 11 is 0. The summed E-state index contributed by atoms with van der Waals surface area (Å²) in [5.74, 6) is -0.755. The predicted molar refractivity (Wildman–Crippen MR) is 127 cm³/mol. The molecule has 1 amide bonds. The molecule has 3 aromatic carbocycles. The zero-order chi connectivity index (χ0) is 22.4. The van der Waals surface area contributed by atoms with E-state index < -0.39 is 11.5 Å². The highest BCUT2D eigenvalue weighted by atomic mass is 16.3. The van der Waals surface area contributed by atoms with Crippen molar-refractivity contribution in [3.05, 3.63) is 120 Å². The number of benzene rings is 3. The molecule has 160 valence electrons. The molecule has 0 radical (unpaired) electrons. The first-order chi connectivity index (χ1) is 15.6. The molecule has 0 aliphatic carbocycles. The topological polar surface area (TPSA) is 57.6 Å². The summed E-state index contributed by atoms with van der Waals surface area (Å²) in [4.78, 5) is 27.4. The molecule has 4 heteroatoms. The summed E-state index contributed by atoms with van der Waals surface area (Å²) in [6.07, 6.45) is 7.07. The fraction of sp³-hybridized carbons (Fsp3) is 0.143. The number of para-hydroxylation sites is 1. The van der Waals surface area contributed by atoms with Gasteiger partial charge in [0.25, 0.3) is 5.91 Å². The lowest BCUT2D eigenvalue weighted by Crippen LogP contribution is -2.42. The minimum Gasteiger partial charge on any atom is -0.375 e. The fourth-order valence-electron chi connectivity index (χ4n) is 3.99. The number of ketones is 1. The van der Waals surface area contributed by atoms with Crippen molar-refractivity contribution >= 4 is 23.5 Å². The van der Waals surface area contributed by atoms with Crippen molar-refractivity contribution < 1.29 is 14.7 Å². The summed E-state index contributed by atoms with van der Waals surface area (Å²) < 4.78 is 0. The van der Waals surface area contributed by atoms with E-state index in [1.54, 1.807) is 29.2 Å². The lowest BCUT2D eigenvalue weighted by atomic mass is 9.90. The number of hydrogen-bond donors (Lipinski definition) is 1. The second-order valence-corrected chi connectivity index (χ2v) is 7.84. The monoisotopic (exact) mass is 423 g/mol. The van der Waals surface area contributed by atoms with E-state index in [9.17, 15) is 14.7 Å². The summed E-state index contributed by atoms with van der Waals surface area (Å²) in [6.45, 7) is 0.437. The van der Waals surface area contributed by atoms with Gasteiger partial charge in [-0.05, 0) is 29.7 Å². The Hall–Kier alpha value is -3.76. The summed E-state index contributed by atoms with van der Waals surface area (Å²) in [5, 5.41) is 11.3. The number of rotatable bonds is 8. The predicted octanol–water partition coefficient (Wildman–Crippen LogP) is 4.69. The number of allylic oxidation sites excluding steroid dienone is 3. The van der Waals surface area contributed by atoms with Crippen LogP contribution in [0.25, 0.3) is 6.08 Å². The molecule has 0 saturated carbocycles. The van der Waals surface area contributed by atoms with Gasteiger partial charge in [-0.2, -0.15) is 0 Å². The average molecular weight is 424 g/mol. The van der Waals surface area contributed by atoms with Crippen LogP contribution in [0.5, 0.6) is 0 Å². The van der Waals surface area contributed by atoms with Crippen molar-refractivity contribution in [3.63, 3.8) is 0 Å². The van der Waals surface area contributed by atoms with Gasteiger partial charge in [0, 0.05) is 12.1 Å². The molecule has 4 rings (SSSR count). The van der Waals surface area contributed by atoms with Crippen LogP contribution in [0, 0.1) is 0 Å². The molecule has 4 nitrogen and oxygen atoms in total. The molecule has 1 N–H and O–H groups in total. The minimum absolute atomic E-state index is 0.291. The van der Waals surface area contributed by atoms with Gasteiger partial charge in [0.1, 0.15) is 0 Å². The van der Waals surface area contributed by atoms with Crippen molar-refractivity contribution in [2.24, 2.45) is 0 Å². The fourth-order valence-corrected chi connectivity index (χ4v) is 3.99. The number of fused-ring (bicyclic) bond motifs is 1. The summed E-state index contributed by atoms with van der Waals surface area (Å²) in [7, 11) is 0. The van der Waals surface area contributed by atoms with Crippen molar-refractivity contribution in [2.45, 2.75) is 18.4 Å². The smallest absolute Gasteiger partial charge is 0.264 e. The third kappa shape index (κ3) is 4.61. The second kappa shape index (κ2) is 9.58. The van der Waals surface area contributed by atoms with Gasteiger partial charge in [0.2, 0.25) is 0 Å². The Morgan fingerprint density at radius 3 is 2.28 bits per heavy atom. The van der Waals surface area contributed by atoms with Crippen LogP contribution in [0.3, 0.4) is 0 Å². The van der Waals surface area contributed by atoms with Crippen molar-refractivity contribution in [3.8, 4) is 0 Å². The van der Waals surface area contributed by atoms with Crippen LogP contribution >= 0.6 is 0 Å². The van der Waals surface area contributed by atoms with E-state index >= 15 is 0 Å². The maximum absolute atomic E-state index is 13.2. The molecule has 0 spiro atoms. The van der Waals surface area contributed by atoms with E-state index in [1.165, 1.54) is 6.08 Å². The highest BCUT2D eigenvalue weighted by Gasteiger charge is 2.50. The first kappa shape index (κ1) is 21.5. The van der Waals surface area contributed by atoms with Crippen molar-refractivity contribution in [1.29, 1.82) is 0 Å². The zero-order valence-corrected chi connectivity index (χ0v) is 17.7. The van der Waals surface area contributed by atoms with Gasteiger partial charge >= 0.3 is 0 Å². The lowest BCUT2D eigenvalue weighted by molar-refractivity contribution is -0.140. The molecule has 3 aromatic rings. The van der Waals surface area contributed by atoms with E-state index in [0.29, 0.717) is 24.2 Å². The summed E-state index contributed by atoms with van der Waals surface area (Å²) in [5.41, 5.74) is 1.43. The van der Waals surface area contributed by atoms with Gasteiger partial charge in [-0.15, -0.1) is 0 Å². The van der Waals surface area contributed by atoms with Gasteiger partial charge in [0.15, 0.2) is 11.4 Å². The van der Waals surface area contributed by atoms with E-state index in [2.05, 4.69) is 0 Å². The second-order valence-electron chi connectivity index (χ2n) is 7.84. The third-order valence-electron chi connectivity index (χ3n) is 5.62. The molecule has 1 aliphatic heterocycles. The SMILES string of the molecule is O=C(/C=C/C=C/c1ccccc1)C[C@]1(O)C(=O)N(CCc2ccccc2)c2ccccc21. The van der Waals surface area contributed by atoms with Crippen LogP contribution < -0.4 is 4.90 Å². The van der Waals surface area contributed by atoms with Crippen LogP contribution in [-0.2, 0) is 21.6 Å². The zero-order valence-electron chi connectivity index (χ0n) is 17.7. The number of hydrogen-bond acceptors (Lipinski definition) is 3. The number of anilines is 1. The Morgan fingerprint density at radius 2 is 1.53 bits per heavy atom. The lowest BCUT2D eigenvalue weighted by Gasteiger charge is -2.22. The molecular weight excluding hydrogens is 398 g/mol. The van der Waals surface area contributed by atoms with Crippen molar-refractivity contribution in [2.75, 3.05) is 11.4 Å². The molecule has 1 heterocycles. The van der Waals surface area contributed by atoms with Crippen LogP contribution in [0.4, 0.5) is 5.69 Å². The van der Waals surface area contributed by atoms with E-state index in [-0.39, 0.29) is 12.2 Å². The number of aliphatic hydroxyl groups is 1. The first-order valence-corrected chi connectivity index (χ1v) is 10.7. The van der Waals surface area contributed by atoms with Gasteiger partial charge in [0.05, 0.1) is 12.1 Å². The number of nitrogens with zero attached hydrogens (tertiary/aromatic N) is 1. The molecule has 0 saturated heterocycles. The van der Waals surface area contributed by atoms with E-state index in [4.69, 9.17) is 0 Å². The largest absolute Gasteiger partial charge is 0.375 e.